The molecule has 1 saturated heterocycles. The Hall–Kier alpha value is -1.13. The Morgan fingerprint density at radius 3 is 3.06 bits per heavy atom. The van der Waals surface area contributed by atoms with E-state index in [1.54, 1.807) is 7.11 Å². The average Bonchev–Trinajstić information content (AvgIpc) is 2.39. The predicted octanol–water partition coefficient (Wildman–Crippen LogP) is 1.16. The maximum atomic E-state index is 5.53. The lowest BCUT2D eigenvalue weighted by Crippen LogP contribution is -2.39. The van der Waals surface area contributed by atoms with E-state index in [0.29, 0.717) is 12.6 Å². The van der Waals surface area contributed by atoms with Crippen molar-refractivity contribution in [3.63, 3.8) is 0 Å². The van der Waals surface area contributed by atoms with Gasteiger partial charge in [-0.25, -0.2) is 0 Å². The van der Waals surface area contributed by atoms with Crippen molar-refractivity contribution in [3.05, 3.63) is 24.0 Å². The van der Waals surface area contributed by atoms with Crippen molar-refractivity contribution in [3.8, 4) is 0 Å². The molecule has 2 heterocycles. The Balaban J connectivity index is 2.05. The molecular weight excluding hydrogens is 202 g/mol. The quantitative estimate of drug-likeness (QED) is 0.832. The summed E-state index contributed by atoms with van der Waals surface area (Å²) in [7, 11) is 1.78. The van der Waals surface area contributed by atoms with E-state index in [4.69, 9.17) is 10.5 Å². The standard InChI is InChI=1S/C12H19N3O/c1-16-12-3-2-6-15(9-12)11-5-4-10(7-13)14-8-11/h4-5,8,12H,2-3,6-7,9,13H2,1H3. The van der Waals surface area contributed by atoms with E-state index in [9.17, 15) is 0 Å². The van der Waals surface area contributed by atoms with Gasteiger partial charge < -0.3 is 15.4 Å². The lowest BCUT2D eigenvalue weighted by Gasteiger charge is -2.33. The zero-order valence-electron chi connectivity index (χ0n) is 9.72. The van der Waals surface area contributed by atoms with Gasteiger partial charge in [0.05, 0.1) is 23.7 Å². The van der Waals surface area contributed by atoms with Crippen LogP contribution in [0.3, 0.4) is 0 Å². The third-order valence-corrected chi connectivity index (χ3v) is 3.09. The summed E-state index contributed by atoms with van der Waals surface area (Å²) in [6, 6.07) is 4.08. The number of anilines is 1. The molecule has 1 fully saturated rings. The number of rotatable bonds is 3. The van der Waals surface area contributed by atoms with Crippen LogP contribution in [0.1, 0.15) is 18.5 Å². The lowest BCUT2D eigenvalue weighted by molar-refractivity contribution is 0.0893. The van der Waals surface area contributed by atoms with Crippen LogP contribution in [0.5, 0.6) is 0 Å². The zero-order chi connectivity index (χ0) is 11.4. The van der Waals surface area contributed by atoms with E-state index in [1.807, 2.05) is 12.3 Å². The van der Waals surface area contributed by atoms with Crippen molar-refractivity contribution in [2.75, 3.05) is 25.1 Å². The second-order valence-electron chi connectivity index (χ2n) is 4.16. The molecule has 2 rings (SSSR count). The number of ether oxygens (including phenoxy) is 1. The maximum absolute atomic E-state index is 5.53. The van der Waals surface area contributed by atoms with Gasteiger partial charge in [0.2, 0.25) is 0 Å². The van der Waals surface area contributed by atoms with E-state index >= 15 is 0 Å². The van der Waals surface area contributed by atoms with E-state index in [2.05, 4.69) is 16.0 Å². The monoisotopic (exact) mass is 221 g/mol. The largest absolute Gasteiger partial charge is 0.380 e. The summed E-state index contributed by atoms with van der Waals surface area (Å²) in [4.78, 5) is 6.64. The molecule has 4 heteroatoms. The van der Waals surface area contributed by atoms with Gasteiger partial charge in [0.15, 0.2) is 0 Å². The molecule has 1 aromatic rings. The van der Waals surface area contributed by atoms with Gasteiger partial charge in [0, 0.05) is 26.7 Å². The summed E-state index contributed by atoms with van der Waals surface area (Å²) in [5, 5.41) is 0. The van der Waals surface area contributed by atoms with Gasteiger partial charge in [0.1, 0.15) is 0 Å². The maximum Gasteiger partial charge on any atom is 0.0746 e. The van der Waals surface area contributed by atoms with Gasteiger partial charge in [0.25, 0.3) is 0 Å². The third-order valence-electron chi connectivity index (χ3n) is 3.09. The van der Waals surface area contributed by atoms with E-state index in [0.717, 1.165) is 25.2 Å². The van der Waals surface area contributed by atoms with E-state index in [1.165, 1.54) is 12.1 Å². The normalized spacial score (nSPS) is 21.1. The van der Waals surface area contributed by atoms with E-state index < -0.39 is 0 Å². The van der Waals surface area contributed by atoms with Crippen LogP contribution in [0.25, 0.3) is 0 Å². The second kappa shape index (κ2) is 5.27. The molecule has 16 heavy (non-hydrogen) atoms. The smallest absolute Gasteiger partial charge is 0.0746 e. The Morgan fingerprint density at radius 1 is 1.56 bits per heavy atom. The zero-order valence-corrected chi connectivity index (χ0v) is 9.72. The van der Waals surface area contributed by atoms with Crippen LogP contribution < -0.4 is 10.6 Å². The van der Waals surface area contributed by atoms with Crippen LogP contribution in [0.15, 0.2) is 18.3 Å². The van der Waals surface area contributed by atoms with Crippen LogP contribution in [0.4, 0.5) is 5.69 Å². The molecule has 0 aromatic carbocycles. The molecule has 1 aromatic heterocycles. The van der Waals surface area contributed by atoms with Gasteiger partial charge in [-0.3, -0.25) is 4.98 Å². The minimum Gasteiger partial charge on any atom is -0.380 e. The first-order valence-electron chi connectivity index (χ1n) is 5.76. The van der Waals surface area contributed by atoms with E-state index in [-0.39, 0.29) is 0 Å². The summed E-state index contributed by atoms with van der Waals surface area (Å²) < 4.78 is 5.41. The Morgan fingerprint density at radius 2 is 2.44 bits per heavy atom. The molecule has 1 aliphatic rings. The SMILES string of the molecule is COC1CCCN(c2ccc(CN)nc2)C1. The Bertz CT molecular complexity index is 326. The first-order valence-corrected chi connectivity index (χ1v) is 5.76. The molecule has 0 bridgehead atoms. The van der Waals surface area contributed by atoms with Crippen LogP contribution in [0.2, 0.25) is 0 Å². The molecule has 2 N–H and O–H groups in total. The first-order chi connectivity index (χ1) is 7.83. The van der Waals surface area contributed by atoms with Gasteiger partial charge in [-0.2, -0.15) is 0 Å². The average molecular weight is 221 g/mol. The molecule has 0 aliphatic carbocycles. The minimum absolute atomic E-state index is 0.350. The predicted molar refractivity (Wildman–Crippen MR) is 64.4 cm³/mol. The summed E-state index contributed by atoms with van der Waals surface area (Å²) >= 11 is 0. The number of piperidine rings is 1. The molecule has 88 valence electrons. The molecule has 0 radical (unpaired) electrons. The van der Waals surface area contributed by atoms with Crippen molar-refractivity contribution < 1.29 is 4.74 Å². The highest BCUT2D eigenvalue weighted by molar-refractivity contribution is 5.45. The summed E-state index contributed by atoms with van der Waals surface area (Å²) in [5.41, 5.74) is 7.63. The Kier molecular flexibility index (Phi) is 3.74. The molecule has 1 atom stereocenters. The van der Waals surface area contributed by atoms with Crippen LogP contribution in [-0.2, 0) is 11.3 Å². The topological polar surface area (TPSA) is 51.4 Å². The number of nitrogens with zero attached hydrogens (tertiary/aromatic N) is 2. The molecule has 0 saturated carbocycles. The summed E-state index contributed by atoms with van der Waals surface area (Å²) in [6.07, 6.45) is 4.58. The van der Waals surface area contributed by atoms with Gasteiger partial charge in [-0.1, -0.05) is 0 Å². The Labute approximate surface area is 96.4 Å². The van der Waals surface area contributed by atoms with Crippen molar-refractivity contribution >= 4 is 5.69 Å². The highest BCUT2D eigenvalue weighted by Gasteiger charge is 2.19. The van der Waals surface area contributed by atoms with Crippen molar-refractivity contribution in [1.82, 2.24) is 4.98 Å². The summed E-state index contributed by atoms with van der Waals surface area (Å²) in [5.74, 6) is 0. The fourth-order valence-electron chi connectivity index (χ4n) is 2.09. The highest BCUT2D eigenvalue weighted by Crippen LogP contribution is 2.20. The minimum atomic E-state index is 0.350. The highest BCUT2D eigenvalue weighted by atomic mass is 16.5. The molecule has 4 nitrogen and oxygen atoms in total. The molecule has 0 amide bonds. The van der Waals surface area contributed by atoms with Crippen molar-refractivity contribution in [2.24, 2.45) is 5.73 Å². The van der Waals surface area contributed by atoms with Crippen LogP contribution in [-0.4, -0.2) is 31.3 Å². The lowest BCUT2D eigenvalue weighted by atomic mass is 10.1. The molecule has 1 unspecified atom stereocenters. The van der Waals surface area contributed by atoms with Gasteiger partial charge >= 0.3 is 0 Å². The van der Waals surface area contributed by atoms with Crippen LogP contribution >= 0.6 is 0 Å². The summed E-state index contributed by atoms with van der Waals surface area (Å²) in [6.45, 7) is 2.55. The van der Waals surface area contributed by atoms with Gasteiger partial charge in [-0.05, 0) is 25.0 Å². The molecule has 1 aliphatic heterocycles. The third kappa shape index (κ3) is 2.51. The first kappa shape index (κ1) is 11.4. The number of hydrogen-bond acceptors (Lipinski definition) is 4. The number of methoxy groups -OCH3 is 1. The second-order valence-corrected chi connectivity index (χ2v) is 4.16. The number of pyridine rings is 1. The fraction of sp³-hybridized carbons (Fsp3) is 0.583. The number of nitrogens with two attached hydrogens (primary N) is 1. The number of aromatic nitrogens is 1. The van der Waals surface area contributed by atoms with Crippen molar-refractivity contribution in [1.29, 1.82) is 0 Å². The molecule has 0 spiro atoms. The number of hydrogen-bond donors (Lipinski definition) is 1. The van der Waals surface area contributed by atoms with Crippen LogP contribution in [0, 0.1) is 0 Å². The van der Waals surface area contributed by atoms with Gasteiger partial charge in [-0.15, -0.1) is 0 Å². The van der Waals surface area contributed by atoms with Crippen molar-refractivity contribution in [2.45, 2.75) is 25.5 Å². The molecular formula is C12H19N3O. The fourth-order valence-corrected chi connectivity index (χ4v) is 2.09.